The van der Waals surface area contributed by atoms with E-state index in [1.54, 1.807) is 31.4 Å². The SMILES string of the molecule is COc1ccc(NC(=O)c2cccc(N3CCCCC3)n2)cc1Cl. The van der Waals surface area contributed by atoms with E-state index in [1.807, 2.05) is 12.1 Å². The molecule has 6 heteroatoms. The van der Waals surface area contributed by atoms with Crippen molar-refractivity contribution in [1.82, 2.24) is 4.98 Å². The summed E-state index contributed by atoms with van der Waals surface area (Å²) in [6.45, 7) is 1.98. The van der Waals surface area contributed by atoms with Crippen LogP contribution in [0.15, 0.2) is 36.4 Å². The van der Waals surface area contributed by atoms with E-state index in [1.165, 1.54) is 19.3 Å². The van der Waals surface area contributed by atoms with Gasteiger partial charge in [0.2, 0.25) is 0 Å². The molecular weight excluding hydrogens is 326 g/mol. The monoisotopic (exact) mass is 345 g/mol. The van der Waals surface area contributed by atoms with Gasteiger partial charge in [-0.1, -0.05) is 17.7 Å². The number of hydrogen-bond acceptors (Lipinski definition) is 4. The molecule has 1 amide bonds. The summed E-state index contributed by atoms with van der Waals surface area (Å²) in [7, 11) is 1.55. The van der Waals surface area contributed by atoms with Crippen molar-refractivity contribution < 1.29 is 9.53 Å². The highest BCUT2D eigenvalue weighted by molar-refractivity contribution is 6.32. The third-order valence-electron chi connectivity index (χ3n) is 4.06. The molecule has 0 radical (unpaired) electrons. The Morgan fingerprint density at radius 2 is 2.00 bits per heavy atom. The van der Waals surface area contributed by atoms with Gasteiger partial charge < -0.3 is 15.0 Å². The zero-order chi connectivity index (χ0) is 16.9. The lowest BCUT2D eigenvalue weighted by atomic mass is 10.1. The number of piperidine rings is 1. The number of nitrogens with one attached hydrogen (secondary N) is 1. The molecule has 24 heavy (non-hydrogen) atoms. The lowest BCUT2D eigenvalue weighted by Gasteiger charge is -2.27. The molecule has 1 aromatic carbocycles. The second-order valence-corrected chi connectivity index (χ2v) is 6.14. The van der Waals surface area contributed by atoms with Crippen LogP contribution in [0.1, 0.15) is 29.8 Å². The van der Waals surface area contributed by atoms with Crippen molar-refractivity contribution in [2.45, 2.75) is 19.3 Å². The molecule has 1 aliphatic heterocycles. The summed E-state index contributed by atoms with van der Waals surface area (Å²) >= 11 is 6.09. The van der Waals surface area contributed by atoms with Gasteiger partial charge in [0.05, 0.1) is 12.1 Å². The first-order valence-electron chi connectivity index (χ1n) is 8.04. The molecule has 0 unspecified atom stereocenters. The molecule has 1 aliphatic rings. The smallest absolute Gasteiger partial charge is 0.274 e. The Labute approximate surface area is 146 Å². The van der Waals surface area contributed by atoms with Crippen molar-refractivity contribution in [3.63, 3.8) is 0 Å². The molecule has 1 fully saturated rings. The topological polar surface area (TPSA) is 54.5 Å². The van der Waals surface area contributed by atoms with E-state index in [4.69, 9.17) is 16.3 Å². The van der Waals surface area contributed by atoms with Gasteiger partial charge in [-0.2, -0.15) is 0 Å². The first-order valence-corrected chi connectivity index (χ1v) is 8.42. The lowest BCUT2D eigenvalue weighted by molar-refractivity contribution is 0.102. The first-order chi connectivity index (χ1) is 11.7. The number of carbonyl (C=O) groups is 1. The number of pyridine rings is 1. The van der Waals surface area contributed by atoms with Crippen molar-refractivity contribution in [3.05, 3.63) is 47.1 Å². The molecule has 2 aromatic rings. The second-order valence-electron chi connectivity index (χ2n) is 5.73. The predicted molar refractivity (Wildman–Crippen MR) is 96.3 cm³/mol. The van der Waals surface area contributed by atoms with Crippen LogP contribution in [-0.4, -0.2) is 31.1 Å². The Bertz CT molecular complexity index is 730. The van der Waals surface area contributed by atoms with Crippen LogP contribution >= 0.6 is 11.6 Å². The highest BCUT2D eigenvalue weighted by Crippen LogP contribution is 2.27. The largest absolute Gasteiger partial charge is 0.495 e. The average Bonchev–Trinajstić information content (AvgIpc) is 2.63. The Kier molecular flexibility index (Phi) is 5.20. The highest BCUT2D eigenvalue weighted by atomic mass is 35.5. The van der Waals surface area contributed by atoms with Crippen LogP contribution in [0, 0.1) is 0 Å². The molecule has 0 bridgehead atoms. The van der Waals surface area contributed by atoms with Gasteiger partial charge in [-0.3, -0.25) is 4.79 Å². The number of halogens is 1. The molecule has 3 rings (SSSR count). The third-order valence-corrected chi connectivity index (χ3v) is 4.35. The third kappa shape index (κ3) is 3.79. The van der Waals surface area contributed by atoms with Crippen LogP contribution in [0.2, 0.25) is 5.02 Å². The van der Waals surface area contributed by atoms with E-state index in [9.17, 15) is 4.79 Å². The number of ether oxygens (including phenoxy) is 1. The van der Waals surface area contributed by atoms with Crippen molar-refractivity contribution >= 4 is 29.0 Å². The standard InChI is InChI=1S/C18H20ClN3O2/c1-24-16-9-8-13(12-14(16)19)20-18(23)15-6-5-7-17(21-15)22-10-3-2-4-11-22/h5-9,12H,2-4,10-11H2,1H3,(H,20,23). The molecular formula is C18H20ClN3O2. The van der Waals surface area contributed by atoms with Crippen molar-refractivity contribution in [1.29, 1.82) is 0 Å². The summed E-state index contributed by atoms with van der Waals surface area (Å²) in [5.74, 6) is 1.17. The maximum atomic E-state index is 12.4. The fraction of sp³-hybridized carbons (Fsp3) is 0.333. The maximum absolute atomic E-state index is 12.4. The summed E-state index contributed by atoms with van der Waals surface area (Å²) < 4.78 is 5.11. The Morgan fingerprint density at radius 1 is 1.21 bits per heavy atom. The molecule has 5 nitrogen and oxygen atoms in total. The summed E-state index contributed by atoms with van der Waals surface area (Å²) in [5.41, 5.74) is 1.00. The predicted octanol–water partition coefficient (Wildman–Crippen LogP) is 3.99. The average molecular weight is 346 g/mol. The maximum Gasteiger partial charge on any atom is 0.274 e. The van der Waals surface area contributed by atoms with Gasteiger partial charge in [-0.15, -0.1) is 0 Å². The van der Waals surface area contributed by atoms with Gasteiger partial charge in [0.25, 0.3) is 5.91 Å². The van der Waals surface area contributed by atoms with Gasteiger partial charge in [0.15, 0.2) is 0 Å². The van der Waals surface area contributed by atoms with E-state index in [0.717, 1.165) is 18.9 Å². The summed E-state index contributed by atoms with van der Waals surface area (Å²) in [5, 5.41) is 3.27. The zero-order valence-electron chi connectivity index (χ0n) is 13.6. The molecule has 1 aromatic heterocycles. The molecule has 126 valence electrons. The fourth-order valence-electron chi connectivity index (χ4n) is 2.79. The highest BCUT2D eigenvalue weighted by Gasteiger charge is 2.15. The number of aromatic nitrogens is 1. The summed E-state index contributed by atoms with van der Waals surface area (Å²) in [6, 6.07) is 10.7. The van der Waals surface area contributed by atoms with E-state index < -0.39 is 0 Å². The van der Waals surface area contributed by atoms with Crippen LogP contribution in [0.5, 0.6) is 5.75 Å². The van der Waals surface area contributed by atoms with Gasteiger partial charge in [-0.05, 0) is 49.6 Å². The van der Waals surface area contributed by atoms with Gasteiger partial charge in [0.1, 0.15) is 17.3 Å². The van der Waals surface area contributed by atoms with Crippen molar-refractivity contribution in [2.75, 3.05) is 30.4 Å². The van der Waals surface area contributed by atoms with E-state index in [0.29, 0.717) is 22.2 Å². The molecule has 0 spiro atoms. The fourth-order valence-corrected chi connectivity index (χ4v) is 3.05. The van der Waals surface area contributed by atoms with Gasteiger partial charge in [-0.25, -0.2) is 4.98 Å². The van der Waals surface area contributed by atoms with Crippen LogP contribution in [0.3, 0.4) is 0 Å². The molecule has 1 saturated heterocycles. The molecule has 0 saturated carbocycles. The number of methoxy groups -OCH3 is 1. The summed E-state index contributed by atoms with van der Waals surface area (Å²) in [4.78, 5) is 19.2. The lowest BCUT2D eigenvalue weighted by Crippen LogP contribution is -2.30. The van der Waals surface area contributed by atoms with Crippen LogP contribution in [-0.2, 0) is 0 Å². The summed E-state index contributed by atoms with van der Waals surface area (Å²) in [6.07, 6.45) is 3.60. The molecule has 2 heterocycles. The van der Waals surface area contributed by atoms with Crippen LogP contribution in [0.25, 0.3) is 0 Å². The number of amides is 1. The number of anilines is 2. The zero-order valence-corrected chi connectivity index (χ0v) is 14.3. The van der Waals surface area contributed by atoms with Crippen molar-refractivity contribution in [3.8, 4) is 5.75 Å². The normalized spacial score (nSPS) is 14.3. The minimum Gasteiger partial charge on any atom is -0.495 e. The first kappa shape index (κ1) is 16.6. The van der Waals surface area contributed by atoms with E-state index in [-0.39, 0.29) is 5.91 Å². The molecule has 1 N–H and O–H groups in total. The van der Waals surface area contributed by atoms with Crippen molar-refractivity contribution in [2.24, 2.45) is 0 Å². The Morgan fingerprint density at radius 3 is 2.71 bits per heavy atom. The van der Waals surface area contributed by atoms with E-state index in [2.05, 4.69) is 15.2 Å². The molecule has 0 aliphatic carbocycles. The Balaban J connectivity index is 1.74. The molecule has 0 atom stereocenters. The number of hydrogen-bond donors (Lipinski definition) is 1. The van der Waals surface area contributed by atoms with Gasteiger partial charge in [0, 0.05) is 18.8 Å². The minimum absolute atomic E-state index is 0.255. The van der Waals surface area contributed by atoms with Crippen LogP contribution in [0.4, 0.5) is 11.5 Å². The number of rotatable bonds is 4. The Hall–Kier alpha value is -2.27. The van der Waals surface area contributed by atoms with Gasteiger partial charge >= 0.3 is 0 Å². The van der Waals surface area contributed by atoms with E-state index >= 15 is 0 Å². The quantitative estimate of drug-likeness (QED) is 0.910. The number of carbonyl (C=O) groups excluding carboxylic acids is 1. The second kappa shape index (κ2) is 7.53. The minimum atomic E-state index is -0.255. The number of nitrogens with zero attached hydrogens (tertiary/aromatic N) is 2. The van der Waals surface area contributed by atoms with Crippen LogP contribution < -0.4 is 15.0 Å². The number of benzene rings is 1.